The number of nitrogens with zero attached hydrogens (tertiary/aromatic N) is 2. The first-order valence-corrected chi connectivity index (χ1v) is 13.2. The molecule has 3 aromatic rings. The average Bonchev–Trinajstić information content (AvgIpc) is 3.16. The van der Waals surface area contributed by atoms with Gasteiger partial charge in [-0.25, -0.2) is 14.6 Å². The number of aromatic nitrogens is 1. The molecule has 1 aliphatic heterocycles. The van der Waals surface area contributed by atoms with E-state index in [0.29, 0.717) is 42.5 Å². The van der Waals surface area contributed by atoms with E-state index in [2.05, 4.69) is 4.99 Å². The second kappa shape index (κ2) is 11.8. The number of hydrogen-bond donors (Lipinski definition) is 0. The van der Waals surface area contributed by atoms with Crippen molar-refractivity contribution in [2.24, 2.45) is 4.99 Å². The molecule has 198 valence electrons. The second-order valence-corrected chi connectivity index (χ2v) is 10.2. The zero-order valence-corrected chi connectivity index (χ0v) is 23.0. The Morgan fingerprint density at radius 1 is 1.18 bits per heavy atom. The topological polar surface area (TPSA) is 96.2 Å². The fraction of sp³-hybridized carbons (Fsp3) is 0.286. The number of rotatable bonds is 8. The maximum atomic E-state index is 13.7. The predicted octanol–water partition coefficient (Wildman–Crippen LogP) is 3.78. The monoisotopic (exact) mass is 554 g/mol. The summed E-state index contributed by atoms with van der Waals surface area (Å²) in [5.41, 5.74) is 1.90. The minimum atomic E-state index is -0.726. The Morgan fingerprint density at radius 3 is 2.61 bits per heavy atom. The van der Waals surface area contributed by atoms with Crippen LogP contribution in [-0.4, -0.2) is 35.8 Å². The molecule has 1 atom stereocenters. The maximum Gasteiger partial charge on any atom is 0.344 e. The van der Waals surface area contributed by atoms with E-state index in [0.717, 1.165) is 0 Å². The largest absolute Gasteiger partial charge is 0.482 e. The highest BCUT2D eigenvalue weighted by molar-refractivity contribution is 7.07. The molecule has 10 heteroatoms. The standard InChI is InChI=1S/C28H27ClN2O6S/c1-5-35-23(32)15-36-21-8-6-7-18(13-21)14-22-26(33)31-25(19-9-11-20(29)12-10-19)24(27(34)37-16(2)3)17(4)30-28(31)38-22/h6-14,16,25H,5,15H2,1-4H3. The molecule has 0 fully saturated rings. The van der Waals surface area contributed by atoms with E-state index >= 15 is 0 Å². The summed E-state index contributed by atoms with van der Waals surface area (Å²) in [6, 6.07) is 13.3. The van der Waals surface area contributed by atoms with Gasteiger partial charge < -0.3 is 14.2 Å². The molecule has 2 aromatic carbocycles. The van der Waals surface area contributed by atoms with E-state index in [1.165, 1.54) is 15.9 Å². The van der Waals surface area contributed by atoms with Gasteiger partial charge in [0, 0.05) is 5.02 Å². The van der Waals surface area contributed by atoms with Gasteiger partial charge in [0.05, 0.1) is 34.6 Å². The zero-order valence-electron chi connectivity index (χ0n) is 21.4. The first-order valence-electron chi connectivity index (χ1n) is 12.1. The Labute approximate surface area is 228 Å². The first kappa shape index (κ1) is 27.3. The first-order chi connectivity index (χ1) is 18.2. The minimum Gasteiger partial charge on any atom is -0.482 e. The third kappa shape index (κ3) is 6.06. The number of halogens is 1. The summed E-state index contributed by atoms with van der Waals surface area (Å²) in [5, 5.41) is 0.540. The Bertz CT molecular complexity index is 1570. The highest BCUT2D eigenvalue weighted by Gasteiger charge is 2.33. The Kier molecular flexibility index (Phi) is 8.48. The predicted molar refractivity (Wildman–Crippen MR) is 145 cm³/mol. The van der Waals surface area contributed by atoms with Crippen LogP contribution in [0.1, 0.15) is 44.9 Å². The number of thiazole rings is 1. The van der Waals surface area contributed by atoms with Crippen LogP contribution in [-0.2, 0) is 19.1 Å². The van der Waals surface area contributed by atoms with E-state index in [1.54, 1.807) is 76.2 Å². The number of ether oxygens (including phenoxy) is 3. The average molecular weight is 555 g/mol. The van der Waals surface area contributed by atoms with Gasteiger partial charge in [-0.15, -0.1) is 0 Å². The van der Waals surface area contributed by atoms with Gasteiger partial charge in [0.25, 0.3) is 5.56 Å². The van der Waals surface area contributed by atoms with Crippen molar-refractivity contribution in [3.05, 3.63) is 95.6 Å². The van der Waals surface area contributed by atoms with E-state index in [4.69, 9.17) is 25.8 Å². The molecular formula is C28H27ClN2O6S. The molecule has 0 N–H and O–H groups in total. The number of benzene rings is 2. The van der Waals surface area contributed by atoms with Gasteiger partial charge in [-0.2, -0.15) is 0 Å². The molecule has 1 aliphatic rings. The third-order valence-electron chi connectivity index (χ3n) is 5.59. The van der Waals surface area contributed by atoms with Gasteiger partial charge >= 0.3 is 11.9 Å². The molecule has 0 bridgehead atoms. The van der Waals surface area contributed by atoms with Crippen LogP contribution >= 0.6 is 22.9 Å². The van der Waals surface area contributed by atoms with Gasteiger partial charge in [0.15, 0.2) is 11.4 Å². The van der Waals surface area contributed by atoms with Gasteiger partial charge in [-0.05, 0) is 69.2 Å². The van der Waals surface area contributed by atoms with Gasteiger partial charge in [0.2, 0.25) is 0 Å². The number of carbonyl (C=O) groups excluding carboxylic acids is 2. The quantitative estimate of drug-likeness (QED) is 0.393. The van der Waals surface area contributed by atoms with Crippen LogP contribution < -0.4 is 19.6 Å². The molecule has 2 heterocycles. The zero-order chi connectivity index (χ0) is 27.4. The molecule has 0 saturated carbocycles. The van der Waals surface area contributed by atoms with E-state index in [-0.39, 0.29) is 24.9 Å². The number of hydrogen-bond acceptors (Lipinski definition) is 8. The van der Waals surface area contributed by atoms with Crippen molar-refractivity contribution >= 4 is 41.0 Å². The number of allylic oxidation sites excluding steroid dienone is 1. The summed E-state index contributed by atoms with van der Waals surface area (Å²) < 4.78 is 17.9. The Balaban J connectivity index is 1.78. The lowest BCUT2D eigenvalue weighted by Crippen LogP contribution is -2.40. The van der Waals surface area contributed by atoms with Crippen LogP contribution in [0.4, 0.5) is 0 Å². The summed E-state index contributed by atoms with van der Waals surface area (Å²) in [6.07, 6.45) is 1.39. The van der Waals surface area contributed by atoms with Crippen molar-refractivity contribution in [3.8, 4) is 5.75 Å². The molecule has 0 radical (unpaired) electrons. The van der Waals surface area contributed by atoms with E-state index in [1.807, 2.05) is 6.07 Å². The van der Waals surface area contributed by atoms with Crippen molar-refractivity contribution in [2.75, 3.05) is 13.2 Å². The minimum absolute atomic E-state index is 0.213. The fourth-order valence-corrected chi connectivity index (χ4v) is 5.18. The Hall–Kier alpha value is -3.69. The molecule has 8 nitrogen and oxygen atoms in total. The number of fused-ring (bicyclic) bond motifs is 1. The molecular weight excluding hydrogens is 528 g/mol. The van der Waals surface area contributed by atoms with Crippen molar-refractivity contribution in [1.82, 2.24) is 4.57 Å². The Morgan fingerprint density at radius 2 is 1.92 bits per heavy atom. The van der Waals surface area contributed by atoms with E-state index in [9.17, 15) is 14.4 Å². The van der Waals surface area contributed by atoms with Crippen LogP contribution in [0.3, 0.4) is 0 Å². The second-order valence-electron chi connectivity index (χ2n) is 8.75. The summed E-state index contributed by atoms with van der Waals surface area (Å²) in [4.78, 5) is 43.6. The summed E-state index contributed by atoms with van der Waals surface area (Å²) >= 11 is 7.33. The van der Waals surface area contributed by atoms with Crippen LogP contribution in [0, 0.1) is 0 Å². The van der Waals surface area contributed by atoms with Crippen LogP contribution in [0.2, 0.25) is 5.02 Å². The van der Waals surface area contributed by atoms with Gasteiger partial charge in [-0.1, -0.05) is 47.2 Å². The molecule has 0 saturated heterocycles. The van der Waals surface area contributed by atoms with Crippen molar-refractivity contribution < 1.29 is 23.8 Å². The van der Waals surface area contributed by atoms with Crippen molar-refractivity contribution in [1.29, 1.82) is 0 Å². The SMILES string of the molecule is CCOC(=O)COc1cccc(C=c2sc3n(c2=O)C(c2ccc(Cl)cc2)C(C(=O)OC(C)C)=C(C)N=3)c1. The smallest absolute Gasteiger partial charge is 0.344 e. The van der Waals surface area contributed by atoms with Gasteiger partial charge in [-0.3, -0.25) is 9.36 Å². The third-order valence-corrected chi connectivity index (χ3v) is 6.82. The lowest BCUT2D eigenvalue weighted by Gasteiger charge is -2.25. The van der Waals surface area contributed by atoms with Gasteiger partial charge in [0.1, 0.15) is 5.75 Å². The lowest BCUT2D eigenvalue weighted by molar-refractivity contribution is -0.145. The lowest BCUT2D eigenvalue weighted by atomic mass is 9.96. The number of carbonyl (C=O) groups is 2. The molecule has 0 spiro atoms. The van der Waals surface area contributed by atoms with Crippen LogP contribution in [0.15, 0.2) is 69.6 Å². The van der Waals surface area contributed by atoms with Crippen molar-refractivity contribution in [2.45, 2.75) is 39.8 Å². The molecule has 1 aromatic heterocycles. The van der Waals surface area contributed by atoms with Crippen LogP contribution in [0.5, 0.6) is 5.75 Å². The molecule has 1 unspecified atom stereocenters. The molecule has 0 amide bonds. The van der Waals surface area contributed by atoms with Crippen LogP contribution in [0.25, 0.3) is 6.08 Å². The highest BCUT2D eigenvalue weighted by atomic mass is 35.5. The normalized spacial score (nSPS) is 15.2. The summed E-state index contributed by atoms with van der Waals surface area (Å²) in [7, 11) is 0. The summed E-state index contributed by atoms with van der Waals surface area (Å²) in [6.45, 7) is 7.06. The van der Waals surface area contributed by atoms with E-state index < -0.39 is 18.0 Å². The van der Waals surface area contributed by atoms with Crippen molar-refractivity contribution in [3.63, 3.8) is 0 Å². The maximum absolute atomic E-state index is 13.7. The molecule has 38 heavy (non-hydrogen) atoms. The highest BCUT2D eigenvalue weighted by Crippen LogP contribution is 2.31. The molecule has 0 aliphatic carbocycles. The summed E-state index contributed by atoms with van der Waals surface area (Å²) in [5.74, 6) is -0.523. The fourth-order valence-electron chi connectivity index (χ4n) is 4.01. The number of esters is 2. The molecule has 4 rings (SSSR count).